The fraction of sp³-hybridized carbons (Fsp3) is 0.0909. The van der Waals surface area contributed by atoms with Crippen LogP contribution in [0, 0.1) is 11.3 Å². The van der Waals surface area contributed by atoms with Gasteiger partial charge in [-0.3, -0.25) is 14.5 Å². The predicted octanol–water partition coefficient (Wildman–Crippen LogP) is 3.93. The quantitative estimate of drug-likeness (QED) is 0.549. The Hall–Kier alpha value is -3.69. The number of nitrogens with one attached hydrogen (secondary N) is 1. The first kappa shape index (κ1) is 18.7. The average molecular weight is 402 g/mol. The number of carbonyl (C=O) groups excluding carboxylic acids is 1. The molecule has 2 heterocycles. The number of amides is 1. The van der Waals surface area contributed by atoms with Gasteiger partial charge in [0.1, 0.15) is 6.07 Å². The van der Waals surface area contributed by atoms with Crippen molar-refractivity contribution >= 4 is 28.4 Å². The molecule has 0 spiro atoms. The number of fused-ring (bicyclic) bond motifs is 1. The van der Waals surface area contributed by atoms with Crippen molar-refractivity contribution in [2.75, 3.05) is 0 Å². The number of halogens is 1. The first-order chi connectivity index (χ1) is 14.1. The molecule has 1 N–H and O–H groups in total. The fourth-order valence-corrected chi connectivity index (χ4v) is 3.15. The molecule has 0 saturated carbocycles. The maximum Gasteiger partial charge on any atom is 0.272 e. The highest BCUT2D eigenvalue weighted by Gasteiger charge is 2.17. The van der Waals surface area contributed by atoms with E-state index in [0.29, 0.717) is 28.5 Å². The van der Waals surface area contributed by atoms with Crippen LogP contribution in [0.3, 0.4) is 0 Å². The molecule has 142 valence electrons. The van der Waals surface area contributed by atoms with Crippen LogP contribution < -0.4 is 5.32 Å². The van der Waals surface area contributed by atoms with Gasteiger partial charge >= 0.3 is 0 Å². The molecule has 0 aliphatic carbocycles. The van der Waals surface area contributed by atoms with Crippen LogP contribution in [-0.2, 0) is 13.1 Å². The van der Waals surface area contributed by atoms with Crippen molar-refractivity contribution in [3.05, 3.63) is 94.4 Å². The number of aromatic nitrogens is 3. The summed E-state index contributed by atoms with van der Waals surface area (Å²) in [5, 5.41) is 17.7. The number of hydrogen-bond acceptors (Lipinski definition) is 4. The van der Waals surface area contributed by atoms with E-state index in [-0.39, 0.29) is 12.5 Å². The second kappa shape index (κ2) is 8.13. The lowest BCUT2D eigenvalue weighted by atomic mass is 10.2. The maximum absolute atomic E-state index is 12.8. The summed E-state index contributed by atoms with van der Waals surface area (Å²) < 4.78 is 1.81. The Morgan fingerprint density at radius 3 is 2.62 bits per heavy atom. The summed E-state index contributed by atoms with van der Waals surface area (Å²) in [4.78, 5) is 17.0. The molecule has 2 aromatic heterocycles. The molecule has 7 heteroatoms. The van der Waals surface area contributed by atoms with E-state index in [1.807, 2.05) is 59.3 Å². The van der Waals surface area contributed by atoms with Gasteiger partial charge in [-0.25, -0.2) is 0 Å². The van der Waals surface area contributed by atoms with Gasteiger partial charge in [0.05, 0.1) is 29.9 Å². The molecule has 0 saturated heterocycles. The predicted molar refractivity (Wildman–Crippen MR) is 110 cm³/mol. The normalized spacial score (nSPS) is 10.6. The molecular formula is C22H16ClN5O. The summed E-state index contributed by atoms with van der Waals surface area (Å²) >= 11 is 5.96. The first-order valence-electron chi connectivity index (χ1n) is 8.97. The number of benzene rings is 2. The molecule has 4 aromatic rings. The number of nitriles is 1. The van der Waals surface area contributed by atoms with E-state index in [2.05, 4.69) is 15.4 Å². The van der Waals surface area contributed by atoms with Gasteiger partial charge in [-0.1, -0.05) is 41.9 Å². The molecule has 0 aliphatic rings. The van der Waals surface area contributed by atoms with E-state index >= 15 is 0 Å². The Balaban J connectivity index is 1.57. The third-order valence-electron chi connectivity index (χ3n) is 4.50. The zero-order chi connectivity index (χ0) is 20.2. The van der Waals surface area contributed by atoms with Gasteiger partial charge < -0.3 is 5.32 Å². The van der Waals surface area contributed by atoms with E-state index in [1.165, 1.54) is 6.20 Å². The molecule has 0 bridgehead atoms. The van der Waals surface area contributed by atoms with Crippen LogP contribution in [0.1, 0.15) is 27.3 Å². The minimum atomic E-state index is -0.276. The van der Waals surface area contributed by atoms with E-state index in [9.17, 15) is 4.79 Å². The number of nitrogens with zero attached hydrogens (tertiary/aromatic N) is 4. The smallest absolute Gasteiger partial charge is 0.272 e. The van der Waals surface area contributed by atoms with Crippen molar-refractivity contribution in [3.63, 3.8) is 0 Å². The molecule has 6 nitrogen and oxygen atoms in total. The van der Waals surface area contributed by atoms with Crippen molar-refractivity contribution < 1.29 is 4.79 Å². The molecule has 29 heavy (non-hydrogen) atoms. The third-order valence-corrected chi connectivity index (χ3v) is 4.75. The van der Waals surface area contributed by atoms with E-state index in [1.54, 1.807) is 12.1 Å². The highest BCUT2D eigenvalue weighted by atomic mass is 35.5. The molecular weight excluding hydrogens is 386 g/mol. The van der Waals surface area contributed by atoms with E-state index < -0.39 is 0 Å². The molecule has 0 atom stereocenters. The lowest BCUT2D eigenvalue weighted by Gasteiger charge is -2.04. The summed E-state index contributed by atoms with van der Waals surface area (Å²) in [6.45, 7) is 0.783. The highest BCUT2D eigenvalue weighted by Crippen LogP contribution is 2.20. The topological polar surface area (TPSA) is 83.6 Å². The zero-order valence-corrected chi connectivity index (χ0v) is 16.1. The van der Waals surface area contributed by atoms with Gasteiger partial charge in [0, 0.05) is 16.6 Å². The molecule has 0 fully saturated rings. The maximum atomic E-state index is 12.8. The fourth-order valence-electron chi connectivity index (χ4n) is 3.03. The second-order valence-corrected chi connectivity index (χ2v) is 6.92. The standard InChI is InChI=1S/C22H16ClN5O/c23-17-8-5-15(6-9-17)14-28-20-4-2-1-3-19(20)21(27-28)22(29)26-13-18-10-7-16(11-24)12-25-18/h1-10,12H,13-14H2,(H,26,29). The Bertz CT molecular complexity index is 1210. The summed E-state index contributed by atoms with van der Waals surface area (Å²) in [6.07, 6.45) is 1.48. The Labute approximate surface area is 172 Å². The van der Waals surface area contributed by atoms with Crippen molar-refractivity contribution in [1.82, 2.24) is 20.1 Å². The Morgan fingerprint density at radius 2 is 1.90 bits per heavy atom. The minimum Gasteiger partial charge on any atom is -0.345 e. The lowest BCUT2D eigenvalue weighted by Crippen LogP contribution is -2.24. The van der Waals surface area contributed by atoms with Gasteiger partial charge in [0.2, 0.25) is 0 Å². The molecule has 0 aliphatic heterocycles. The highest BCUT2D eigenvalue weighted by molar-refractivity contribution is 6.30. The first-order valence-corrected chi connectivity index (χ1v) is 9.35. The van der Waals surface area contributed by atoms with Crippen molar-refractivity contribution in [2.45, 2.75) is 13.1 Å². The number of rotatable bonds is 5. The molecule has 0 radical (unpaired) electrons. The van der Waals surface area contributed by atoms with Gasteiger partial charge in [-0.05, 0) is 35.9 Å². The minimum absolute atomic E-state index is 0.253. The van der Waals surface area contributed by atoms with Gasteiger partial charge in [0.25, 0.3) is 5.91 Å². The number of hydrogen-bond donors (Lipinski definition) is 1. The molecule has 2 aromatic carbocycles. The third kappa shape index (κ3) is 4.10. The number of pyridine rings is 1. The van der Waals surface area contributed by atoms with Crippen LogP contribution in [0.4, 0.5) is 0 Å². The monoisotopic (exact) mass is 401 g/mol. The van der Waals surface area contributed by atoms with Crippen molar-refractivity contribution in [1.29, 1.82) is 5.26 Å². The van der Waals surface area contributed by atoms with Crippen LogP contribution in [0.5, 0.6) is 0 Å². The van der Waals surface area contributed by atoms with Gasteiger partial charge in [-0.15, -0.1) is 0 Å². The van der Waals surface area contributed by atoms with E-state index in [4.69, 9.17) is 16.9 Å². The van der Waals surface area contributed by atoms with Crippen LogP contribution in [0.15, 0.2) is 66.9 Å². The number of para-hydroxylation sites is 1. The van der Waals surface area contributed by atoms with Gasteiger partial charge in [-0.2, -0.15) is 10.4 Å². The van der Waals surface area contributed by atoms with E-state index in [0.717, 1.165) is 16.5 Å². The van der Waals surface area contributed by atoms with Crippen LogP contribution >= 0.6 is 11.6 Å². The van der Waals surface area contributed by atoms with Crippen LogP contribution in [0.2, 0.25) is 5.02 Å². The van der Waals surface area contributed by atoms with Crippen molar-refractivity contribution in [3.8, 4) is 6.07 Å². The van der Waals surface area contributed by atoms with Crippen LogP contribution in [-0.4, -0.2) is 20.7 Å². The second-order valence-electron chi connectivity index (χ2n) is 6.48. The zero-order valence-electron chi connectivity index (χ0n) is 15.3. The average Bonchev–Trinajstić information content (AvgIpc) is 3.12. The van der Waals surface area contributed by atoms with Crippen molar-refractivity contribution in [2.24, 2.45) is 0 Å². The summed E-state index contributed by atoms with van der Waals surface area (Å²) in [7, 11) is 0. The Kier molecular flexibility index (Phi) is 5.23. The molecule has 4 rings (SSSR count). The van der Waals surface area contributed by atoms with Gasteiger partial charge in [0.15, 0.2) is 5.69 Å². The number of carbonyl (C=O) groups is 1. The Morgan fingerprint density at radius 1 is 1.10 bits per heavy atom. The SMILES string of the molecule is N#Cc1ccc(CNC(=O)c2nn(Cc3ccc(Cl)cc3)c3ccccc23)nc1. The largest absolute Gasteiger partial charge is 0.345 e. The molecule has 1 amide bonds. The summed E-state index contributed by atoms with van der Waals surface area (Å²) in [5.41, 5.74) is 3.43. The molecule has 0 unspecified atom stereocenters. The summed E-state index contributed by atoms with van der Waals surface area (Å²) in [6, 6.07) is 20.6. The van der Waals surface area contributed by atoms with Crippen LogP contribution in [0.25, 0.3) is 10.9 Å². The summed E-state index contributed by atoms with van der Waals surface area (Å²) in [5.74, 6) is -0.276. The lowest BCUT2D eigenvalue weighted by molar-refractivity contribution is 0.0946.